The molecule has 29 nitrogen and oxygen atoms in total. The molecule has 4 aromatic carbocycles. The van der Waals surface area contributed by atoms with Gasteiger partial charge in [0.1, 0.15) is 29.0 Å². The van der Waals surface area contributed by atoms with Crippen LogP contribution in [0.15, 0.2) is 146 Å². The van der Waals surface area contributed by atoms with Gasteiger partial charge in [-0.15, -0.1) is 0 Å². The number of halogens is 6. The molecule has 8 amide bonds. The molecule has 4 atom stereocenters. The quantitative estimate of drug-likeness (QED) is 0.0666. The first-order valence-corrected chi connectivity index (χ1v) is 40.0. The summed E-state index contributed by atoms with van der Waals surface area (Å²) in [6, 6.07) is 35.5. The van der Waals surface area contributed by atoms with Gasteiger partial charge in [0, 0.05) is 139 Å². The first-order valence-electron chi connectivity index (χ1n) is 38.9. The van der Waals surface area contributed by atoms with Gasteiger partial charge in [0.15, 0.2) is 0 Å². The number of aromatic amines is 4. The molecular formula is C83H96Cl3F3N24O5. The average molecular weight is 1670 g/mol. The monoisotopic (exact) mass is 1670 g/mol. The fourth-order valence-corrected chi connectivity index (χ4v) is 15.3. The van der Waals surface area contributed by atoms with E-state index in [1.54, 1.807) is 64.2 Å². The van der Waals surface area contributed by atoms with Crippen molar-refractivity contribution in [3.8, 4) is 5.75 Å². The van der Waals surface area contributed by atoms with E-state index in [0.717, 1.165) is 97.6 Å². The number of hydrogen-bond acceptors (Lipinski definition) is 17. The molecule has 0 radical (unpaired) electrons. The van der Waals surface area contributed by atoms with Crippen molar-refractivity contribution >= 4 is 150 Å². The maximum atomic E-state index is 13.4. The van der Waals surface area contributed by atoms with Crippen molar-refractivity contribution in [3.63, 3.8) is 0 Å². The number of aromatic nitrogens is 12. The topological polar surface area (TPSA) is 318 Å². The third-order valence-electron chi connectivity index (χ3n) is 21.0. The van der Waals surface area contributed by atoms with Crippen molar-refractivity contribution in [2.45, 2.75) is 117 Å². The molecule has 0 saturated carbocycles. The van der Waals surface area contributed by atoms with Crippen LogP contribution in [-0.2, 0) is 17.0 Å². The normalized spacial score (nSPS) is 17.3. The molecule has 8 aromatic heterocycles. The van der Waals surface area contributed by atoms with Crippen molar-refractivity contribution in [2.24, 2.45) is 0 Å². The molecule has 8 N–H and O–H groups in total. The minimum Gasteiger partial charge on any atom is -0.497 e. The zero-order chi connectivity index (χ0) is 84.1. The van der Waals surface area contributed by atoms with Gasteiger partial charge in [-0.3, -0.25) is 21.3 Å². The predicted molar refractivity (Wildman–Crippen MR) is 460 cm³/mol. The number of methoxy groups -OCH3 is 1. The molecule has 4 aliphatic rings. The number of imidazole rings is 4. The molecule has 0 unspecified atom stereocenters. The number of nitrogens with one attached hydrogen (secondary N) is 8. The molecule has 35 heteroatoms. The number of piperazine rings is 4. The average Bonchev–Trinajstić information content (AvgIpc) is 1.01. The first kappa shape index (κ1) is 84.0. The molecule has 4 fully saturated rings. The van der Waals surface area contributed by atoms with E-state index >= 15 is 0 Å². The van der Waals surface area contributed by atoms with Crippen LogP contribution in [0.2, 0.25) is 15.1 Å². The van der Waals surface area contributed by atoms with Gasteiger partial charge in [-0.25, -0.2) is 59.0 Å². The molecule has 0 spiro atoms. The Hall–Kier alpha value is -11.9. The second-order valence-electron chi connectivity index (χ2n) is 31.7. The van der Waals surface area contributed by atoms with Gasteiger partial charge < -0.3 is 63.9 Å². The Kier molecular flexibility index (Phi) is 25.3. The van der Waals surface area contributed by atoms with E-state index in [4.69, 9.17) is 39.5 Å². The highest BCUT2D eigenvalue weighted by Gasteiger charge is 2.39. The Labute approximate surface area is 695 Å². The smallest absolute Gasteiger partial charge is 0.419 e. The number of anilines is 8. The van der Waals surface area contributed by atoms with E-state index in [9.17, 15) is 32.3 Å². The highest BCUT2D eigenvalue weighted by molar-refractivity contribution is 6.33. The van der Waals surface area contributed by atoms with Crippen LogP contribution in [0.5, 0.6) is 5.75 Å². The van der Waals surface area contributed by atoms with Crippen LogP contribution in [0.3, 0.4) is 0 Å². The first-order chi connectivity index (χ1) is 56.2. The Balaban J connectivity index is 0.000000137. The molecule has 0 aliphatic carbocycles. The van der Waals surface area contributed by atoms with E-state index in [1.165, 1.54) is 17.8 Å². The zero-order valence-electron chi connectivity index (χ0n) is 67.6. The van der Waals surface area contributed by atoms with Crippen molar-refractivity contribution in [2.75, 3.05) is 127 Å². The summed E-state index contributed by atoms with van der Waals surface area (Å²) < 4.78 is 45.3. The number of fused-ring (bicyclic) bond motifs is 4. The number of carbonyl (C=O) groups is 4. The summed E-state index contributed by atoms with van der Waals surface area (Å²) in [6.45, 7) is 29.5. The summed E-state index contributed by atoms with van der Waals surface area (Å²) in [5.41, 5.74) is 9.24. The fourth-order valence-electron chi connectivity index (χ4n) is 14.7. The van der Waals surface area contributed by atoms with Crippen LogP contribution < -0.4 is 45.6 Å². The van der Waals surface area contributed by atoms with E-state index in [0.29, 0.717) is 84.7 Å². The standard InChI is InChI=1S/C23H27F3N6O.C23H30N6O.C19H21ClN6O2.C18H18Cl2N6O/c1-14-13-31(19-16(23(24,25)26)6-5-9-27-19)10-11-32(14)21(33)30-20-28-17-8-7-15(22(2,3)4)12-18(17)29-20;1-15-7-6-10-24-20(15)28-11-12-29(16(2)14-28)22(30)27-21-25-18-9-8-17(23(3,4)5)13-19(18)26-21;1-12-11-25(17-14(20)4-3-7-21-17)8-9-26(12)19(27)24-18-22-15-6-5-13(28-2)10-16(15)23-18;1-11-10-25(16-13(20)3-2-6-21-16)7-8-26(11)18(27)24-17-22-14-5-4-12(19)9-15(14)23-17/h5-9,12,14H,10-11,13H2,1-4H3,(H2,28,29,30,33);6-10,13,16H,11-12,14H2,1-5H3,(H2,25,26,27,30);3-7,10,12H,8-9,11H2,1-2H3,(H2,22,23,24,27);2-6,9,11H,7-8,10H2,1H3,(H2,22,23,24,27)/t14-;16-;12-;11-/m1111/s1. The number of amides is 8. The van der Waals surface area contributed by atoms with Gasteiger partial charge >= 0.3 is 30.3 Å². The zero-order valence-corrected chi connectivity index (χ0v) is 69.9. The second-order valence-corrected chi connectivity index (χ2v) is 32.9. The summed E-state index contributed by atoms with van der Waals surface area (Å²) in [6.07, 6.45) is 2.12. The third-order valence-corrected chi connectivity index (χ3v) is 21.9. The molecule has 118 heavy (non-hydrogen) atoms. The van der Waals surface area contributed by atoms with E-state index < -0.39 is 11.7 Å². The van der Waals surface area contributed by atoms with Gasteiger partial charge in [-0.05, 0) is 159 Å². The number of nitrogens with zero attached hydrogens (tertiary/aromatic N) is 16. The minimum atomic E-state index is -4.49. The molecule has 4 saturated heterocycles. The largest absolute Gasteiger partial charge is 0.497 e. The van der Waals surface area contributed by atoms with Gasteiger partial charge in [-0.2, -0.15) is 13.2 Å². The Morgan fingerprint density at radius 1 is 0.415 bits per heavy atom. The van der Waals surface area contributed by atoms with Gasteiger partial charge in [-0.1, -0.05) is 94.5 Å². The SMILES string of the molecule is COc1ccc2nc(NC(=O)N3CCN(c4ncccc4Cl)C[C@H]3C)[nH]c2c1.C[C@@H]1CN(c2ncccc2C(F)(F)F)CCN1C(=O)Nc1nc2ccc(C(C)(C)C)cc2[nH]1.C[C@@H]1CN(c2ncccc2Cl)CCN1C(=O)Nc1nc2ccc(Cl)cc2[nH]1.Cc1cccnc1N1CCN(C(=O)Nc2nc3ccc(C(C)(C)C)cc3[nH]2)[C@H](C)C1. The molecule has 12 heterocycles. The van der Waals surface area contributed by atoms with Crippen LogP contribution in [-0.4, -0.2) is 213 Å². The number of carbonyl (C=O) groups excluding carboxylic acids is 4. The minimum absolute atomic E-state index is 0.00343. The number of H-pyrrole nitrogens is 4. The maximum Gasteiger partial charge on any atom is 0.419 e. The lowest BCUT2D eigenvalue weighted by Gasteiger charge is -2.40. The maximum absolute atomic E-state index is 13.4. The lowest BCUT2D eigenvalue weighted by Crippen LogP contribution is -2.55. The number of alkyl halides is 3. The van der Waals surface area contributed by atoms with Crippen LogP contribution in [0.25, 0.3) is 44.1 Å². The third kappa shape index (κ3) is 19.9. The second kappa shape index (κ2) is 35.5. The van der Waals surface area contributed by atoms with E-state index in [2.05, 4.69) is 169 Å². The molecule has 4 aliphatic heterocycles. The summed E-state index contributed by atoms with van der Waals surface area (Å²) in [5, 5.41) is 13.3. The Morgan fingerprint density at radius 2 is 0.737 bits per heavy atom. The number of urea groups is 4. The summed E-state index contributed by atoms with van der Waals surface area (Å²) in [4.78, 5) is 114. The van der Waals surface area contributed by atoms with Crippen molar-refractivity contribution in [1.29, 1.82) is 0 Å². The summed E-state index contributed by atoms with van der Waals surface area (Å²) in [7, 11) is 1.61. The molecular weight excluding hydrogens is 1580 g/mol. The van der Waals surface area contributed by atoms with Crippen molar-refractivity contribution < 1.29 is 37.1 Å². The predicted octanol–water partition coefficient (Wildman–Crippen LogP) is 16.7. The highest BCUT2D eigenvalue weighted by atomic mass is 35.5. The highest BCUT2D eigenvalue weighted by Crippen LogP contribution is 2.37. The Bertz CT molecular complexity index is 5590. The lowest BCUT2D eigenvalue weighted by atomic mass is 9.87. The van der Waals surface area contributed by atoms with Crippen LogP contribution in [0.1, 0.15) is 91.5 Å². The number of benzene rings is 4. The van der Waals surface area contributed by atoms with Crippen molar-refractivity contribution in [3.05, 3.63) is 183 Å². The van der Waals surface area contributed by atoms with Crippen LogP contribution in [0.4, 0.5) is 79.4 Å². The number of pyridine rings is 4. The van der Waals surface area contributed by atoms with Gasteiger partial charge in [0.2, 0.25) is 23.8 Å². The fraction of sp³-hybridized carbons (Fsp3) is 0.373. The van der Waals surface area contributed by atoms with Gasteiger partial charge in [0.25, 0.3) is 0 Å². The molecule has 16 rings (SSSR count). The summed E-state index contributed by atoms with van der Waals surface area (Å²) >= 11 is 18.5. The number of aryl methyl sites for hydroxylation is 1. The number of rotatable bonds is 9. The van der Waals surface area contributed by atoms with E-state index in [1.807, 2.05) is 97.7 Å². The van der Waals surface area contributed by atoms with Gasteiger partial charge in [0.05, 0.1) is 66.9 Å². The van der Waals surface area contributed by atoms with Crippen LogP contribution in [0, 0.1) is 6.92 Å². The van der Waals surface area contributed by atoms with E-state index in [-0.39, 0.29) is 84.6 Å². The number of hydrogen-bond donors (Lipinski definition) is 8. The molecule has 12 aromatic rings. The summed E-state index contributed by atoms with van der Waals surface area (Å²) in [5.74, 6) is 4.75. The Morgan fingerprint density at radius 3 is 1.09 bits per heavy atom. The van der Waals surface area contributed by atoms with Crippen molar-refractivity contribution in [1.82, 2.24) is 79.4 Å². The molecule has 0 bridgehead atoms. The molecule has 620 valence electrons. The lowest BCUT2D eigenvalue weighted by molar-refractivity contribution is -0.137. The number of ether oxygens (including phenoxy) is 1. The van der Waals surface area contributed by atoms with Crippen LogP contribution >= 0.6 is 34.8 Å².